The molecule has 0 amide bonds. The second kappa shape index (κ2) is 4.27. The number of rotatable bonds is 2. The van der Waals surface area contributed by atoms with Gasteiger partial charge in [-0.2, -0.15) is 0 Å². The molecule has 2 nitrogen and oxygen atoms in total. The molecule has 0 heterocycles. The molecule has 2 heteroatoms. The van der Waals surface area contributed by atoms with Gasteiger partial charge in [-0.15, -0.1) is 0 Å². The van der Waals surface area contributed by atoms with E-state index in [-0.39, 0.29) is 0 Å². The fraction of sp³-hybridized carbons (Fsp3) is 0.385. The van der Waals surface area contributed by atoms with Crippen LogP contribution in [0.2, 0.25) is 0 Å². The number of ether oxygens (including phenoxy) is 2. The summed E-state index contributed by atoms with van der Waals surface area (Å²) in [6.07, 6.45) is 2.49. The largest absolute Gasteiger partial charge is 0.497 e. The molecule has 1 fully saturated rings. The van der Waals surface area contributed by atoms with Crippen LogP contribution in [0.25, 0.3) is 0 Å². The van der Waals surface area contributed by atoms with Gasteiger partial charge in [-0.1, -0.05) is 11.8 Å². The monoisotopic (exact) mass is 202 g/mol. The van der Waals surface area contributed by atoms with Crippen molar-refractivity contribution in [2.75, 3.05) is 14.2 Å². The number of hydrogen-bond acceptors (Lipinski definition) is 2. The molecular weight excluding hydrogens is 188 g/mol. The van der Waals surface area contributed by atoms with Crippen LogP contribution in [0.3, 0.4) is 0 Å². The van der Waals surface area contributed by atoms with Crippen LogP contribution in [0.1, 0.15) is 18.4 Å². The lowest BCUT2D eigenvalue weighted by Gasteiger charge is -2.04. The van der Waals surface area contributed by atoms with Crippen LogP contribution in [-0.4, -0.2) is 14.2 Å². The molecule has 0 bridgehead atoms. The first-order valence-corrected chi connectivity index (χ1v) is 5.06. The highest BCUT2D eigenvalue weighted by molar-refractivity contribution is 5.46. The normalized spacial score (nSPS) is 14.0. The van der Waals surface area contributed by atoms with Gasteiger partial charge in [0, 0.05) is 17.5 Å². The summed E-state index contributed by atoms with van der Waals surface area (Å²) in [5, 5.41) is 0. The SMILES string of the molecule is COc1cc(C#CC2CC2)cc(OC)c1. The van der Waals surface area contributed by atoms with Crippen molar-refractivity contribution in [2.45, 2.75) is 12.8 Å². The highest BCUT2D eigenvalue weighted by Gasteiger charge is 2.17. The predicted octanol–water partition coefficient (Wildman–Crippen LogP) is 2.47. The molecule has 1 aliphatic carbocycles. The van der Waals surface area contributed by atoms with Gasteiger partial charge in [0.2, 0.25) is 0 Å². The Kier molecular flexibility index (Phi) is 2.82. The van der Waals surface area contributed by atoms with E-state index >= 15 is 0 Å². The van der Waals surface area contributed by atoms with Crippen LogP contribution in [0.4, 0.5) is 0 Å². The third-order valence-electron chi connectivity index (χ3n) is 2.35. The van der Waals surface area contributed by atoms with Crippen molar-refractivity contribution >= 4 is 0 Å². The molecule has 1 aromatic carbocycles. The van der Waals surface area contributed by atoms with E-state index in [0.717, 1.165) is 17.1 Å². The van der Waals surface area contributed by atoms with Crippen molar-refractivity contribution in [3.05, 3.63) is 23.8 Å². The maximum absolute atomic E-state index is 5.17. The van der Waals surface area contributed by atoms with Crippen LogP contribution in [0.15, 0.2) is 18.2 Å². The molecule has 1 aromatic rings. The van der Waals surface area contributed by atoms with Gasteiger partial charge in [0.25, 0.3) is 0 Å². The van der Waals surface area contributed by atoms with E-state index in [1.54, 1.807) is 14.2 Å². The summed E-state index contributed by atoms with van der Waals surface area (Å²) in [4.78, 5) is 0. The summed E-state index contributed by atoms with van der Waals surface area (Å²) in [6, 6.07) is 5.71. The Bertz CT molecular complexity index is 386. The molecule has 2 rings (SSSR count). The van der Waals surface area contributed by atoms with Crippen molar-refractivity contribution in [3.63, 3.8) is 0 Å². The van der Waals surface area contributed by atoms with E-state index in [0.29, 0.717) is 5.92 Å². The lowest BCUT2D eigenvalue weighted by Crippen LogP contribution is -1.88. The average Bonchev–Trinajstić information content (AvgIpc) is 3.09. The molecular formula is C13H14O2. The van der Waals surface area contributed by atoms with Gasteiger partial charge < -0.3 is 9.47 Å². The standard InChI is InChI=1S/C13H14O2/c1-14-12-7-11(6-5-10-3-4-10)8-13(9-12)15-2/h7-10H,3-4H2,1-2H3. The van der Waals surface area contributed by atoms with Crippen LogP contribution >= 0.6 is 0 Å². The lowest BCUT2D eigenvalue weighted by molar-refractivity contribution is 0.394. The Morgan fingerprint density at radius 2 is 1.67 bits per heavy atom. The van der Waals surface area contributed by atoms with Gasteiger partial charge in [0.05, 0.1) is 14.2 Å². The van der Waals surface area contributed by atoms with Crippen LogP contribution in [-0.2, 0) is 0 Å². The van der Waals surface area contributed by atoms with Gasteiger partial charge in [0.15, 0.2) is 0 Å². The van der Waals surface area contributed by atoms with Crippen LogP contribution < -0.4 is 9.47 Å². The van der Waals surface area contributed by atoms with Crippen molar-refractivity contribution in [3.8, 4) is 23.3 Å². The fourth-order valence-corrected chi connectivity index (χ4v) is 1.29. The number of benzene rings is 1. The topological polar surface area (TPSA) is 18.5 Å². The third kappa shape index (κ3) is 2.66. The van der Waals surface area contributed by atoms with Gasteiger partial charge in [-0.25, -0.2) is 0 Å². The average molecular weight is 202 g/mol. The van der Waals surface area contributed by atoms with Gasteiger partial charge in [-0.3, -0.25) is 0 Å². The molecule has 0 aliphatic heterocycles. The number of hydrogen-bond donors (Lipinski definition) is 0. The maximum atomic E-state index is 5.17. The lowest BCUT2D eigenvalue weighted by atomic mass is 10.2. The van der Waals surface area contributed by atoms with E-state index in [4.69, 9.17) is 9.47 Å². The minimum Gasteiger partial charge on any atom is -0.497 e. The zero-order chi connectivity index (χ0) is 10.7. The molecule has 0 spiro atoms. The highest BCUT2D eigenvalue weighted by Crippen LogP contribution is 2.28. The van der Waals surface area contributed by atoms with E-state index in [2.05, 4.69) is 11.8 Å². The van der Waals surface area contributed by atoms with Crippen LogP contribution in [0, 0.1) is 17.8 Å². The molecule has 0 radical (unpaired) electrons. The van der Waals surface area contributed by atoms with Gasteiger partial charge >= 0.3 is 0 Å². The fourth-order valence-electron chi connectivity index (χ4n) is 1.29. The van der Waals surface area contributed by atoms with Gasteiger partial charge in [0.1, 0.15) is 11.5 Å². The van der Waals surface area contributed by atoms with E-state index in [1.807, 2.05) is 18.2 Å². The number of methoxy groups -OCH3 is 2. The van der Waals surface area contributed by atoms with E-state index in [9.17, 15) is 0 Å². The maximum Gasteiger partial charge on any atom is 0.123 e. The second-order valence-electron chi connectivity index (χ2n) is 3.64. The summed E-state index contributed by atoms with van der Waals surface area (Å²) in [6.45, 7) is 0. The minimum atomic E-state index is 0.613. The van der Waals surface area contributed by atoms with Crippen molar-refractivity contribution in [1.29, 1.82) is 0 Å². The zero-order valence-corrected chi connectivity index (χ0v) is 9.04. The van der Waals surface area contributed by atoms with Crippen molar-refractivity contribution < 1.29 is 9.47 Å². The summed E-state index contributed by atoms with van der Waals surface area (Å²) in [7, 11) is 3.29. The molecule has 0 N–H and O–H groups in total. The van der Waals surface area contributed by atoms with Crippen LogP contribution in [0.5, 0.6) is 11.5 Å². The van der Waals surface area contributed by atoms with E-state index < -0.39 is 0 Å². The van der Waals surface area contributed by atoms with Gasteiger partial charge in [-0.05, 0) is 25.0 Å². The molecule has 1 saturated carbocycles. The smallest absolute Gasteiger partial charge is 0.123 e. The minimum absolute atomic E-state index is 0.613. The summed E-state index contributed by atoms with van der Waals surface area (Å²) < 4.78 is 10.3. The molecule has 78 valence electrons. The molecule has 1 aliphatic rings. The Labute approximate surface area is 90.2 Å². The Morgan fingerprint density at radius 3 is 2.13 bits per heavy atom. The van der Waals surface area contributed by atoms with Crippen molar-refractivity contribution in [2.24, 2.45) is 5.92 Å². The predicted molar refractivity (Wildman–Crippen MR) is 59.1 cm³/mol. The first-order valence-electron chi connectivity index (χ1n) is 5.06. The Hall–Kier alpha value is -1.62. The molecule has 15 heavy (non-hydrogen) atoms. The van der Waals surface area contributed by atoms with Crippen molar-refractivity contribution in [1.82, 2.24) is 0 Å². The third-order valence-corrected chi connectivity index (χ3v) is 2.35. The first kappa shape index (κ1) is 9.92. The second-order valence-corrected chi connectivity index (χ2v) is 3.64. The Morgan fingerprint density at radius 1 is 1.07 bits per heavy atom. The molecule has 0 unspecified atom stereocenters. The highest BCUT2D eigenvalue weighted by atomic mass is 16.5. The molecule has 0 aromatic heterocycles. The molecule has 0 saturated heterocycles. The Balaban J connectivity index is 2.25. The molecule has 0 atom stereocenters. The first-order chi connectivity index (χ1) is 7.31. The quantitative estimate of drug-likeness (QED) is 0.686. The summed E-state index contributed by atoms with van der Waals surface area (Å²) >= 11 is 0. The summed E-state index contributed by atoms with van der Waals surface area (Å²) in [5.41, 5.74) is 0.957. The summed E-state index contributed by atoms with van der Waals surface area (Å²) in [5.74, 6) is 8.55. The van der Waals surface area contributed by atoms with E-state index in [1.165, 1.54) is 12.8 Å². The zero-order valence-electron chi connectivity index (χ0n) is 9.04.